The van der Waals surface area contributed by atoms with Crippen molar-refractivity contribution in [1.82, 2.24) is 5.32 Å². The Kier molecular flexibility index (Phi) is 6.58. The number of carbonyl (C=O) groups is 2. The summed E-state index contributed by atoms with van der Waals surface area (Å²) in [5.41, 5.74) is 6.44. The highest BCUT2D eigenvalue weighted by Crippen LogP contribution is 2.08. The summed E-state index contributed by atoms with van der Waals surface area (Å²) in [5, 5.41) is 12.6. The first-order valence-corrected chi connectivity index (χ1v) is 6.46. The van der Waals surface area contributed by atoms with Crippen LogP contribution in [0.1, 0.15) is 12.0 Å². The van der Waals surface area contributed by atoms with Crippen molar-refractivity contribution in [2.75, 3.05) is 7.11 Å². The van der Waals surface area contributed by atoms with E-state index in [1.807, 2.05) is 30.3 Å². The van der Waals surface area contributed by atoms with E-state index in [1.54, 1.807) is 0 Å². The lowest BCUT2D eigenvalue weighted by Crippen LogP contribution is -2.48. The van der Waals surface area contributed by atoms with Crippen LogP contribution in [0.15, 0.2) is 42.5 Å². The van der Waals surface area contributed by atoms with Gasteiger partial charge in [-0.15, -0.1) is 0 Å². The Bertz CT molecular complexity index is 502. The molecule has 21 heavy (non-hydrogen) atoms. The summed E-state index contributed by atoms with van der Waals surface area (Å²) < 4.78 is 4.49. The third kappa shape index (κ3) is 5.76. The van der Waals surface area contributed by atoms with Crippen molar-refractivity contribution >= 4 is 11.9 Å². The fourth-order valence-corrected chi connectivity index (χ4v) is 1.75. The van der Waals surface area contributed by atoms with Crippen LogP contribution in [-0.2, 0) is 20.7 Å². The van der Waals surface area contributed by atoms with Crippen molar-refractivity contribution in [2.24, 2.45) is 5.73 Å². The largest absolute Gasteiger partial charge is 0.469 e. The lowest BCUT2D eigenvalue weighted by Gasteiger charge is -2.21. The van der Waals surface area contributed by atoms with E-state index in [4.69, 9.17) is 5.73 Å². The van der Waals surface area contributed by atoms with Gasteiger partial charge in [0.25, 0.3) is 0 Å². The molecule has 1 aromatic rings. The summed E-state index contributed by atoms with van der Waals surface area (Å²) >= 11 is 0. The lowest BCUT2D eigenvalue weighted by atomic mass is 10.0. The van der Waals surface area contributed by atoms with Crippen LogP contribution in [0, 0.1) is 0 Å². The Labute approximate surface area is 123 Å². The molecule has 0 aliphatic rings. The van der Waals surface area contributed by atoms with E-state index < -0.39 is 24.1 Å². The van der Waals surface area contributed by atoms with Gasteiger partial charge in [-0.1, -0.05) is 36.9 Å². The maximum atomic E-state index is 11.5. The second kappa shape index (κ2) is 8.18. The molecule has 0 heterocycles. The summed E-state index contributed by atoms with van der Waals surface area (Å²) in [6, 6.07) is 8.50. The van der Waals surface area contributed by atoms with E-state index in [9.17, 15) is 14.7 Å². The summed E-state index contributed by atoms with van der Waals surface area (Å²) in [4.78, 5) is 22.6. The molecule has 6 heteroatoms. The Morgan fingerprint density at radius 1 is 1.38 bits per heavy atom. The first kappa shape index (κ1) is 16.9. The highest BCUT2D eigenvalue weighted by atomic mass is 16.5. The number of hydrogen-bond acceptors (Lipinski definition) is 5. The molecule has 0 saturated carbocycles. The van der Waals surface area contributed by atoms with Crippen molar-refractivity contribution in [3.8, 4) is 0 Å². The van der Waals surface area contributed by atoms with Crippen LogP contribution in [0.4, 0.5) is 0 Å². The van der Waals surface area contributed by atoms with Gasteiger partial charge in [0, 0.05) is 0 Å². The number of nitrogens with two attached hydrogens (primary N) is 1. The molecule has 1 amide bonds. The van der Waals surface area contributed by atoms with Gasteiger partial charge in [0.2, 0.25) is 5.91 Å². The van der Waals surface area contributed by atoms with Crippen molar-refractivity contribution in [3.63, 3.8) is 0 Å². The maximum absolute atomic E-state index is 11.5. The molecule has 0 spiro atoms. The average molecular weight is 292 g/mol. The quantitative estimate of drug-likeness (QED) is 0.358. The number of carbonyl (C=O) groups excluding carboxylic acids is 2. The Morgan fingerprint density at radius 2 is 2.00 bits per heavy atom. The minimum atomic E-state index is -1.22. The van der Waals surface area contributed by atoms with E-state index in [0.29, 0.717) is 6.42 Å². The zero-order valence-electron chi connectivity index (χ0n) is 11.9. The molecule has 0 aliphatic heterocycles. The zero-order chi connectivity index (χ0) is 15.8. The molecule has 0 aliphatic carbocycles. The number of rotatable bonds is 8. The molecular formula is C15H20N2O4. The van der Waals surface area contributed by atoms with E-state index in [2.05, 4.69) is 16.6 Å². The Morgan fingerprint density at radius 3 is 2.52 bits per heavy atom. The molecule has 0 radical (unpaired) electrons. The highest BCUT2D eigenvalue weighted by Gasteiger charge is 2.21. The number of methoxy groups -OCH3 is 1. The predicted octanol–water partition coefficient (Wildman–Crippen LogP) is 0.110. The topological polar surface area (TPSA) is 102 Å². The van der Waals surface area contributed by atoms with Gasteiger partial charge in [-0.25, -0.2) is 0 Å². The normalized spacial score (nSPS) is 13.2. The number of esters is 1. The number of aliphatic hydroxyl groups excluding tert-OH is 1. The smallest absolute Gasteiger partial charge is 0.309 e. The lowest BCUT2D eigenvalue weighted by molar-refractivity contribution is -0.140. The van der Waals surface area contributed by atoms with Crippen LogP contribution in [0.25, 0.3) is 0 Å². The van der Waals surface area contributed by atoms with Crippen LogP contribution in [-0.4, -0.2) is 36.4 Å². The van der Waals surface area contributed by atoms with Crippen molar-refractivity contribution < 1.29 is 19.4 Å². The molecule has 1 aromatic carbocycles. The van der Waals surface area contributed by atoms with Gasteiger partial charge in [-0.2, -0.15) is 0 Å². The van der Waals surface area contributed by atoms with Crippen LogP contribution in [0.2, 0.25) is 0 Å². The van der Waals surface area contributed by atoms with Gasteiger partial charge in [0.1, 0.15) is 6.23 Å². The highest BCUT2D eigenvalue weighted by molar-refractivity contribution is 5.80. The van der Waals surface area contributed by atoms with Gasteiger partial charge in [-0.05, 0) is 17.6 Å². The molecule has 0 fully saturated rings. The maximum Gasteiger partial charge on any atom is 0.309 e. The third-order valence-corrected chi connectivity index (χ3v) is 2.97. The minimum Gasteiger partial charge on any atom is -0.469 e. The summed E-state index contributed by atoms with van der Waals surface area (Å²) in [6.45, 7) is 3.60. The zero-order valence-corrected chi connectivity index (χ0v) is 11.9. The van der Waals surface area contributed by atoms with E-state index in [1.165, 1.54) is 7.11 Å². The van der Waals surface area contributed by atoms with Crippen LogP contribution in [0.3, 0.4) is 0 Å². The fourth-order valence-electron chi connectivity index (χ4n) is 1.75. The van der Waals surface area contributed by atoms with Gasteiger partial charge < -0.3 is 15.6 Å². The molecule has 0 aromatic heterocycles. The Balaban J connectivity index is 2.64. The van der Waals surface area contributed by atoms with Crippen LogP contribution < -0.4 is 11.1 Å². The predicted molar refractivity (Wildman–Crippen MR) is 78.0 cm³/mol. The second-order valence-corrected chi connectivity index (χ2v) is 4.63. The number of benzene rings is 1. The third-order valence-electron chi connectivity index (χ3n) is 2.97. The van der Waals surface area contributed by atoms with E-state index in [-0.39, 0.29) is 12.0 Å². The number of amides is 1. The van der Waals surface area contributed by atoms with E-state index in [0.717, 1.165) is 5.56 Å². The van der Waals surface area contributed by atoms with Crippen molar-refractivity contribution in [1.29, 1.82) is 0 Å². The number of primary amides is 1. The van der Waals surface area contributed by atoms with Crippen molar-refractivity contribution in [2.45, 2.75) is 25.1 Å². The molecule has 4 N–H and O–H groups in total. The second-order valence-electron chi connectivity index (χ2n) is 4.63. The summed E-state index contributed by atoms with van der Waals surface area (Å²) in [7, 11) is 1.25. The standard InChI is InChI=1S/C15H20N2O4/c1-10(8-13(18)21-2)15(20)17-12(14(16)19)9-11-6-4-3-5-7-11/h3-7,12,15,17,20H,1,8-9H2,2H3,(H2,16,19). The van der Waals surface area contributed by atoms with Gasteiger partial charge in [0.05, 0.1) is 19.6 Å². The van der Waals surface area contributed by atoms with Gasteiger partial charge in [-0.3, -0.25) is 14.9 Å². The minimum absolute atomic E-state index is 0.137. The fraction of sp³-hybridized carbons (Fsp3) is 0.333. The van der Waals surface area contributed by atoms with Crippen molar-refractivity contribution in [3.05, 3.63) is 48.0 Å². The molecule has 0 bridgehead atoms. The molecule has 1 rings (SSSR count). The molecule has 6 nitrogen and oxygen atoms in total. The summed E-state index contributed by atoms with van der Waals surface area (Å²) in [5.74, 6) is -1.11. The first-order chi connectivity index (χ1) is 9.93. The number of hydrogen-bond donors (Lipinski definition) is 3. The number of ether oxygens (including phenoxy) is 1. The van der Waals surface area contributed by atoms with Crippen LogP contribution >= 0.6 is 0 Å². The van der Waals surface area contributed by atoms with Gasteiger partial charge >= 0.3 is 5.97 Å². The summed E-state index contributed by atoms with van der Waals surface area (Å²) in [6.07, 6.45) is -1.02. The molecule has 2 unspecified atom stereocenters. The molecule has 114 valence electrons. The Hall–Kier alpha value is -2.18. The molecule has 0 saturated heterocycles. The molecular weight excluding hydrogens is 272 g/mol. The number of aliphatic hydroxyl groups is 1. The monoisotopic (exact) mass is 292 g/mol. The first-order valence-electron chi connectivity index (χ1n) is 6.46. The number of nitrogens with one attached hydrogen (secondary N) is 1. The SMILES string of the molecule is C=C(CC(=O)OC)C(O)NC(Cc1ccccc1)C(N)=O. The average Bonchev–Trinajstić information content (AvgIpc) is 2.47. The van der Waals surface area contributed by atoms with Gasteiger partial charge in [0.15, 0.2) is 0 Å². The molecule has 2 atom stereocenters. The van der Waals surface area contributed by atoms with E-state index >= 15 is 0 Å². The van der Waals surface area contributed by atoms with Crippen LogP contribution in [0.5, 0.6) is 0 Å².